The average molecular weight is 264 g/mol. The number of carbonyl (C=O) groups excluding carboxylic acids is 1. The van der Waals surface area contributed by atoms with Crippen molar-refractivity contribution in [2.75, 3.05) is 0 Å². The number of rotatable bonds is 0. The van der Waals surface area contributed by atoms with Crippen molar-refractivity contribution in [1.29, 1.82) is 0 Å². The van der Waals surface area contributed by atoms with Crippen LogP contribution in [0.15, 0.2) is 12.2 Å². The van der Waals surface area contributed by atoms with E-state index in [1.807, 2.05) is 6.92 Å². The summed E-state index contributed by atoms with van der Waals surface area (Å²) in [5.74, 6) is -0.191. The minimum atomic E-state index is -0.448. The fourth-order valence-electron chi connectivity index (χ4n) is 4.95. The van der Waals surface area contributed by atoms with Crippen LogP contribution in [0.5, 0.6) is 0 Å². The molecule has 4 aliphatic rings. The molecule has 2 saturated carbocycles. The molecule has 2 heterocycles. The van der Waals surface area contributed by atoms with Gasteiger partial charge in [0.05, 0.1) is 6.10 Å². The highest BCUT2D eigenvalue weighted by Crippen LogP contribution is 2.72. The molecule has 4 heteroatoms. The third-order valence-electron chi connectivity index (χ3n) is 6.30. The summed E-state index contributed by atoms with van der Waals surface area (Å²) in [6.07, 6.45) is 2.83. The lowest BCUT2D eigenvalue weighted by Crippen LogP contribution is -2.56. The Morgan fingerprint density at radius 1 is 1.37 bits per heavy atom. The molecule has 0 aromatic heterocycles. The molecule has 1 N–H and O–H groups in total. The molecule has 2 aliphatic heterocycles. The standard InChI is InChI=1S/C15H20O4/c1-8-9-6-15-13(2,7-10(9)18-12(8)17)5-4-11(16)14(15,3)19-15/h9-11,16H,1,4-7H2,2-3H3. The van der Waals surface area contributed by atoms with Gasteiger partial charge in [-0.2, -0.15) is 0 Å². The fourth-order valence-corrected chi connectivity index (χ4v) is 4.95. The Morgan fingerprint density at radius 2 is 2.11 bits per heavy atom. The van der Waals surface area contributed by atoms with Crippen LogP contribution in [0.2, 0.25) is 0 Å². The lowest BCUT2D eigenvalue weighted by Gasteiger charge is -2.49. The van der Waals surface area contributed by atoms with Gasteiger partial charge in [0, 0.05) is 16.9 Å². The molecular weight excluding hydrogens is 244 g/mol. The molecule has 0 bridgehead atoms. The minimum Gasteiger partial charge on any atom is -0.458 e. The van der Waals surface area contributed by atoms with Gasteiger partial charge in [0.1, 0.15) is 17.3 Å². The van der Waals surface area contributed by atoms with E-state index < -0.39 is 11.7 Å². The van der Waals surface area contributed by atoms with Gasteiger partial charge < -0.3 is 14.6 Å². The number of carbonyl (C=O) groups is 1. The number of hydrogen-bond donors (Lipinski definition) is 1. The van der Waals surface area contributed by atoms with Crippen molar-refractivity contribution in [3.63, 3.8) is 0 Å². The highest BCUT2D eigenvalue weighted by atomic mass is 16.6. The van der Waals surface area contributed by atoms with Crippen molar-refractivity contribution in [1.82, 2.24) is 0 Å². The van der Waals surface area contributed by atoms with Gasteiger partial charge in [-0.05, 0) is 32.6 Å². The maximum absolute atomic E-state index is 11.7. The normalized spacial score (nSPS) is 59.0. The van der Waals surface area contributed by atoms with Gasteiger partial charge in [-0.25, -0.2) is 4.79 Å². The summed E-state index contributed by atoms with van der Waals surface area (Å²) in [7, 11) is 0. The van der Waals surface area contributed by atoms with E-state index in [4.69, 9.17) is 9.47 Å². The molecule has 0 aromatic rings. The van der Waals surface area contributed by atoms with Gasteiger partial charge in [-0.1, -0.05) is 13.5 Å². The summed E-state index contributed by atoms with van der Waals surface area (Å²) >= 11 is 0. The van der Waals surface area contributed by atoms with E-state index in [1.165, 1.54) is 0 Å². The molecule has 6 unspecified atom stereocenters. The zero-order valence-electron chi connectivity index (χ0n) is 11.4. The lowest BCUT2D eigenvalue weighted by molar-refractivity contribution is -0.143. The number of esters is 1. The Morgan fingerprint density at radius 3 is 2.84 bits per heavy atom. The first kappa shape index (κ1) is 11.9. The lowest BCUT2D eigenvalue weighted by atomic mass is 9.53. The maximum Gasteiger partial charge on any atom is 0.334 e. The first-order valence-corrected chi connectivity index (χ1v) is 7.11. The second-order valence-electron chi connectivity index (χ2n) is 7.14. The van der Waals surface area contributed by atoms with Gasteiger partial charge in [-0.3, -0.25) is 0 Å². The van der Waals surface area contributed by atoms with Crippen molar-refractivity contribution >= 4 is 5.97 Å². The first-order chi connectivity index (χ1) is 8.83. The predicted octanol–water partition coefficient (Wildman–Crippen LogP) is 1.57. The predicted molar refractivity (Wildman–Crippen MR) is 67.3 cm³/mol. The second kappa shape index (κ2) is 3.07. The van der Waals surface area contributed by atoms with Gasteiger partial charge in [0.15, 0.2) is 0 Å². The second-order valence-corrected chi connectivity index (χ2v) is 7.14. The highest BCUT2D eigenvalue weighted by molar-refractivity contribution is 5.91. The number of fused-ring (bicyclic) bond motifs is 1. The molecule has 0 aromatic carbocycles. The molecule has 4 fully saturated rings. The summed E-state index contributed by atoms with van der Waals surface area (Å²) in [5.41, 5.74) is -0.168. The van der Waals surface area contributed by atoms with Crippen LogP contribution in [-0.4, -0.2) is 34.5 Å². The molecule has 2 aliphatic carbocycles. The van der Waals surface area contributed by atoms with Gasteiger partial charge in [-0.15, -0.1) is 0 Å². The Balaban J connectivity index is 1.75. The Bertz CT molecular complexity index is 500. The summed E-state index contributed by atoms with van der Waals surface area (Å²) in [6.45, 7) is 8.11. The topological polar surface area (TPSA) is 59.1 Å². The minimum absolute atomic E-state index is 0.00690. The monoisotopic (exact) mass is 264 g/mol. The number of aliphatic hydroxyl groups is 1. The summed E-state index contributed by atoms with van der Waals surface area (Å²) < 4.78 is 11.6. The summed E-state index contributed by atoms with van der Waals surface area (Å²) in [4.78, 5) is 11.7. The van der Waals surface area contributed by atoms with Gasteiger partial charge >= 0.3 is 5.97 Å². The van der Waals surface area contributed by atoms with E-state index in [0.29, 0.717) is 5.57 Å². The fraction of sp³-hybridized carbons (Fsp3) is 0.800. The van der Waals surface area contributed by atoms with Crippen LogP contribution in [0.4, 0.5) is 0 Å². The smallest absolute Gasteiger partial charge is 0.334 e. The van der Waals surface area contributed by atoms with Crippen LogP contribution in [0.3, 0.4) is 0 Å². The molecule has 0 amide bonds. The molecule has 6 atom stereocenters. The van der Waals surface area contributed by atoms with Crippen molar-refractivity contribution in [2.45, 2.75) is 62.9 Å². The summed E-state index contributed by atoms with van der Waals surface area (Å²) in [5, 5.41) is 10.2. The average Bonchev–Trinajstić information content (AvgIpc) is 2.90. The summed E-state index contributed by atoms with van der Waals surface area (Å²) in [6, 6.07) is 0. The Hall–Kier alpha value is -0.870. The molecular formula is C15H20O4. The molecule has 19 heavy (non-hydrogen) atoms. The maximum atomic E-state index is 11.7. The Labute approximate surface area is 112 Å². The number of hydrogen-bond acceptors (Lipinski definition) is 4. The zero-order valence-corrected chi connectivity index (χ0v) is 11.4. The highest BCUT2D eigenvalue weighted by Gasteiger charge is 2.81. The number of ether oxygens (including phenoxy) is 2. The van der Waals surface area contributed by atoms with E-state index in [2.05, 4.69) is 13.5 Å². The van der Waals surface area contributed by atoms with Gasteiger partial charge in [0.2, 0.25) is 0 Å². The van der Waals surface area contributed by atoms with Crippen LogP contribution in [0, 0.1) is 11.3 Å². The van der Waals surface area contributed by atoms with E-state index in [-0.39, 0.29) is 29.0 Å². The molecule has 4 nitrogen and oxygen atoms in total. The SMILES string of the molecule is C=C1C(=O)OC2CC3(C)CCC(O)C4(C)OC34CC12. The van der Waals surface area contributed by atoms with E-state index in [0.717, 1.165) is 25.7 Å². The first-order valence-electron chi connectivity index (χ1n) is 7.11. The van der Waals surface area contributed by atoms with Crippen LogP contribution < -0.4 is 0 Å². The third-order valence-corrected chi connectivity index (χ3v) is 6.30. The zero-order chi connectivity index (χ0) is 13.6. The molecule has 1 spiro atoms. The molecule has 0 radical (unpaired) electrons. The van der Waals surface area contributed by atoms with E-state index >= 15 is 0 Å². The van der Waals surface area contributed by atoms with Gasteiger partial charge in [0.25, 0.3) is 0 Å². The van der Waals surface area contributed by atoms with E-state index in [9.17, 15) is 9.90 Å². The third kappa shape index (κ3) is 1.12. The van der Waals surface area contributed by atoms with E-state index in [1.54, 1.807) is 0 Å². The quantitative estimate of drug-likeness (QED) is 0.410. The number of epoxide rings is 1. The van der Waals surface area contributed by atoms with Crippen molar-refractivity contribution in [3.8, 4) is 0 Å². The number of aliphatic hydroxyl groups excluding tert-OH is 1. The van der Waals surface area contributed by atoms with Crippen molar-refractivity contribution in [2.24, 2.45) is 11.3 Å². The van der Waals surface area contributed by atoms with Crippen molar-refractivity contribution < 1.29 is 19.4 Å². The van der Waals surface area contributed by atoms with Crippen LogP contribution in [-0.2, 0) is 14.3 Å². The van der Waals surface area contributed by atoms with Crippen LogP contribution >= 0.6 is 0 Å². The molecule has 104 valence electrons. The van der Waals surface area contributed by atoms with Crippen LogP contribution in [0.1, 0.15) is 39.5 Å². The van der Waals surface area contributed by atoms with Crippen molar-refractivity contribution in [3.05, 3.63) is 12.2 Å². The molecule has 4 rings (SSSR count). The Kier molecular flexibility index (Phi) is 1.92. The van der Waals surface area contributed by atoms with Crippen LogP contribution in [0.25, 0.3) is 0 Å². The largest absolute Gasteiger partial charge is 0.458 e. The molecule has 2 saturated heterocycles.